The van der Waals surface area contributed by atoms with Crippen molar-refractivity contribution >= 4 is 44.2 Å². The van der Waals surface area contributed by atoms with Gasteiger partial charge in [0.25, 0.3) is 5.91 Å². The van der Waals surface area contributed by atoms with Gasteiger partial charge < -0.3 is 4.74 Å². The highest BCUT2D eigenvalue weighted by Gasteiger charge is 2.41. The second kappa shape index (κ2) is 11.1. The first-order valence-electron chi connectivity index (χ1n) is 14.9. The molecule has 0 aliphatic carbocycles. The topological polar surface area (TPSA) is 116 Å². The van der Waals surface area contributed by atoms with Gasteiger partial charge in [0.15, 0.2) is 0 Å². The fraction of sp³-hybridized carbons (Fsp3) is 0.406. The van der Waals surface area contributed by atoms with Crippen molar-refractivity contribution in [1.82, 2.24) is 14.5 Å². The molecule has 0 bridgehead atoms. The average molecular weight is 603 g/mol. The summed E-state index contributed by atoms with van der Waals surface area (Å²) in [5, 5.41) is 4.31. The molecule has 1 atom stereocenters. The number of piperidine rings is 2. The first-order valence-corrected chi connectivity index (χ1v) is 16.4. The molecule has 0 aromatic heterocycles. The van der Waals surface area contributed by atoms with Crippen molar-refractivity contribution < 1.29 is 27.5 Å². The fourth-order valence-corrected chi connectivity index (χ4v) is 8.50. The number of sulfonamides is 1. The van der Waals surface area contributed by atoms with Gasteiger partial charge in [-0.05, 0) is 79.0 Å². The number of imide groups is 1. The number of hydrogen-bond acceptors (Lipinski definition) is 7. The molecule has 4 aliphatic rings. The summed E-state index contributed by atoms with van der Waals surface area (Å²) >= 11 is 0. The summed E-state index contributed by atoms with van der Waals surface area (Å²) < 4.78 is 33.1. The predicted molar refractivity (Wildman–Crippen MR) is 160 cm³/mol. The number of carbonyl (C=O) groups is 3. The van der Waals surface area contributed by atoms with Gasteiger partial charge in [-0.3, -0.25) is 29.5 Å². The number of amides is 3. The number of morpholine rings is 1. The first-order chi connectivity index (χ1) is 20.8. The molecule has 3 aromatic carbocycles. The van der Waals surface area contributed by atoms with Crippen molar-refractivity contribution in [3.05, 3.63) is 71.3 Å². The van der Waals surface area contributed by atoms with Crippen LogP contribution in [0.25, 0.3) is 10.8 Å². The number of hydrogen-bond donors (Lipinski definition) is 1. The summed E-state index contributed by atoms with van der Waals surface area (Å²) in [6.45, 7) is 4.01. The molecule has 10 nitrogen and oxygen atoms in total. The molecule has 1 N–H and O–H groups in total. The lowest BCUT2D eigenvalue weighted by molar-refractivity contribution is -0.134. The number of carbonyl (C=O) groups excluding carboxylic acids is 3. The van der Waals surface area contributed by atoms with Crippen molar-refractivity contribution in [1.29, 1.82) is 0 Å². The monoisotopic (exact) mass is 602 g/mol. The normalized spacial score (nSPS) is 22.4. The van der Waals surface area contributed by atoms with E-state index in [0.717, 1.165) is 48.0 Å². The molecule has 4 aliphatic heterocycles. The lowest BCUT2D eigenvalue weighted by atomic mass is 9.85. The van der Waals surface area contributed by atoms with Gasteiger partial charge in [-0.2, -0.15) is 4.31 Å². The molecule has 0 spiro atoms. The number of anilines is 1. The van der Waals surface area contributed by atoms with Crippen molar-refractivity contribution in [2.75, 3.05) is 44.3 Å². The summed E-state index contributed by atoms with van der Waals surface area (Å²) in [4.78, 5) is 42.1. The molecule has 4 heterocycles. The van der Waals surface area contributed by atoms with Crippen LogP contribution in [0.4, 0.5) is 5.69 Å². The summed E-state index contributed by atoms with van der Waals surface area (Å²) in [7, 11) is -3.54. The minimum Gasteiger partial charge on any atom is -0.379 e. The quantitative estimate of drug-likeness (QED) is 0.432. The molecule has 3 fully saturated rings. The van der Waals surface area contributed by atoms with E-state index in [-0.39, 0.29) is 18.2 Å². The molecular formula is C32H34N4O6S. The maximum absolute atomic E-state index is 13.5. The molecule has 43 heavy (non-hydrogen) atoms. The second-order valence-corrected chi connectivity index (χ2v) is 13.7. The second-order valence-electron chi connectivity index (χ2n) is 11.8. The standard InChI is InChI=1S/C32H34N4O6S/c37-29-10-9-28(31(38)33-29)36-27-6-2-5-25-24(7-8-26(30(25)27)32(36)39)22-11-13-34(14-12-22)20-21-3-1-4-23(19-21)43(40,41)35-15-17-42-18-16-35/h1-8,19,22,28H,9-18,20H2,(H,33,37,38). The first kappa shape index (κ1) is 28.1. The highest BCUT2D eigenvalue weighted by molar-refractivity contribution is 7.89. The van der Waals surface area contributed by atoms with E-state index in [9.17, 15) is 22.8 Å². The zero-order chi connectivity index (χ0) is 29.7. The van der Waals surface area contributed by atoms with Gasteiger partial charge in [-0.25, -0.2) is 8.42 Å². The van der Waals surface area contributed by atoms with Crippen LogP contribution in [0.1, 0.15) is 53.1 Å². The molecule has 0 saturated carbocycles. The SMILES string of the molecule is O=C1CCC(N2C(=O)c3ccc(C4CCN(Cc5cccc(S(=O)(=O)N6CCOCC6)c5)CC4)c4cccc2c34)C(=O)N1. The number of ether oxygens (including phenoxy) is 1. The molecule has 3 amide bonds. The Morgan fingerprint density at radius 2 is 1.65 bits per heavy atom. The minimum absolute atomic E-state index is 0.195. The Hall–Kier alpha value is -3.64. The van der Waals surface area contributed by atoms with Crippen LogP contribution >= 0.6 is 0 Å². The smallest absolute Gasteiger partial charge is 0.259 e. The molecule has 7 rings (SSSR count). The van der Waals surface area contributed by atoms with Gasteiger partial charge in [-0.15, -0.1) is 0 Å². The van der Waals surface area contributed by atoms with Crippen LogP contribution in [-0.2, 0) is 30.9 Å². The van der Waals surface area contributed by atoms with Crippen LogP contribution < -0.4 is 10.2 Å². The fourth-order valence-electron chi connectivity index (χ4n) is 7.02. The maximum atomic E-state index is 13.5. The van der Waals surface area contributed by atoms with Crippen LogP contribution in [0.15, 0.2) is 59.5 Å². The minimum atomic E-state index is -3.54. The van der Waals surface area contributed by atoms with E-state index in [1.54, 1.807) is 17.0 Å². The zero-order valence-electron chi connectivity index (χ0n) is 23.8. The number of nitrogens with one attached hydrogen (secondary N) is 1. The van der Waals surface area contributed by atoms with Crippen LogP contribution in [0.2, 0.25) is 0 Å². The molecule has 11 heteroatoms. The van der Waals surface area contributed by atoms with E-state index in [1.807, 2.05) is 30.3 Å². The van der Waals surface area contributed by atoms with E-state index < -0.39 is 22.0 Å². The van der Waals surface area contributed by atoms with Crippen LogP contribution in [0.3, 0.4) is 0 Å². The zero-order valence-corrected chi connectivity index (χ0v) is 24.6. The molecule has 3 aromatic rings. The van der Waals surface area contributed by atoms with Crippen LogP contribution in [0, 0.1) is 0 Å². The Morgan fingerprint density at radius 3 is 2.42 bits per heavy atom. The van der Waals surface area contributed by atoms with Crippen LogP contribution in [-0.4, -0.2) is 80.8 Å². The summed E-state index contributed by atoms with van der Waals surface area (Å²) in [5.74, 6) is -0.609. The van der Waals surface area contributed by atoms with Crippen molar-refractivity contribution in [2.45, 2.75) is 49.1 Å². The summed E-state index contributed by atoms with van der Waals surface area (Å²) in [6.07, 6.45) is 2.41. The third-order valence-corrected chi connectivity index (χ3v) is 11.1. The van der Waals surface area contributed by atoms with E-state index in [1.165, 1.54) is 9.87 Å². The lowest BCUT2D eigenvalue weighted by Gasteiger charge is -2.33. The average Bonchev–Trinajstić information content (AvgIpc) is 3.31. The van der Waals surface area contributed by atoms with E-state index in [2.05, 4.69) is 22.3 Å². The van der Waals surface area contributed by atoms with Gasteiger partial charge in [0, 0.05) is 37.0 Å². The Labute approximate surface area is 250 Å². The summed E-state index contributed by atoms with van der Waals surface area (Å²) in [5.41, 5.74) is 3.52. The van der Waals surface area contributed by atoms with Crippen molar-refractivity contribution in [3.8, 4) is 0 Å². The highest BCUT2D eigenvalue weighted by Crippen LogP contribution is 2.43. The van der Waals surface area contributed by atoms with Gasteiger partial charge in [-0.1, -0.05) is 30.3 Å². The molecule has 224 valence electrons. The Kier molecular flexibility index (Phi) is 7.29. The Balaban J connectivity index is 1.07. The Morgan fingerprint density at radius 1 is 0.884 bits per heavy atom. The largest absolute Gasteiger partial charge is 0.379 e. The summed E-state index contributed by atoms with van der Waals surface area (Å²) in [6, 6.07) is 16.4. The van der Waals surface area contributed by atoms with Crippen molar-refractivity contribution in [2.24, 2.45) is 0 Å². The van der Waals surface area contributed by atoms with E-state index in [4.69, 9.17) is 4.74 Å². The van der Waals surface area contributed by atoms with E-state index >= 15 is 0 Å². The van der Waals surface area contributed by atoms with E-state index in [0.29, 0.717) is 55.6 Å². The third kappa shape index (κ3) is 5.04. The highest BCUT2D eigenvalue weighted by atomic mass is 32.2. The third-order valence-electron chi connectivity index (χ3n) is 9.22. The maximum Gasteiger partial charge on any atom is 0.259 e. The van der Waals surface area contributed by atoms with Gasteiger partial charge >= 0.3 is 0 Å². The Bertz CT molecular complexity index is 1730. The van der Waals surface area contributed by atoms with Crippen molar-refractivity contribution in [3.63, 3.8) is 0 Å². The number of rotatable bonds is 6. The number of likely N-dealkylation sites (tertiary alicyclic amines) is 1. The number of nitrogens with zero attached hydrogens (tertiary/aromatic N) is 3. The van der Waals surface area contributed by atoms with Crippen LogP contribution in [0.5, 0.6) is 0 Å². The number of benzene rings is 3. The predicted octanol–water partition coefficient (Wildman–Crippen LogP) is 3.01. The van der Waals surface area contributed by atoms with Gasteiger partial charge in [0.1, 0.15) is 6.04 Å². The van der Waals surface area contributed by atoms with Gasteiger partial charge in [0.2, 0.25) is 21.8 Å². The molecule has 0 radical (unpaired) electrons. The molecule has 1 unspecified atom stereocenters. The molecular weight excluding hydrogens is 568 g/mol. The molecule has 3 saturated heterocycles. The lowest BCUT2D eigenvalue weighted by Crippen LogP contribution is -2.53. The van der Waals surface area contributed by atoms with Gasteiger partial charge in [0.05, 0.1) is 23.8 Å².